The van der Waals surface area contributed by atoms with Crippen LogP contribution in [0.5, 0.6) is 5.75 Å². The van der Waals surface area contributed by atoms with Crippen LogP contribution in [0.2, 0.25) is 0 Å². The van der Waals surface area contributed by atoms with Crippen LogP contribution >= 0.6 is 0 Å². The first kappa shape index (κ1) is 15.5. The Morgan fingerprint density at radius 3 is 2.79 bits per heavy atom. The van der Waals surface area contributed by atoms with E-state index < -0.39 is 6.29 Å². The van der Waals surface area contributed by atoms with E-state index in [4.69, 9.17) is 4.74 Å². The molecule has 0 radical (unpaired) electrons. The van der Waals surface area contributed by atoms with Crippen molar-refractivity contribution in [3.63, 3.8) is 0 Å². The predicted molar refractivity (Wildman–Crippen MR) is 79.4 cm³/mol. The van der Waals surface area contributed by atoms with E-state index in [1.165, 1.54) is 0 Å². The molecule has 4 heteroatoms. The Morgan fingerprint density at radius 2 is 2.05 bits per heavy atom. The molecule has 0 bridgehead atoms. The Kier molecular flexibility index (Phi) is 5.86. The van der Waals surface area contributed by atoms with E-state index in [1.54, 1.807) is 0 Å². The molecule has 1 aromatic carbocycles. The second-order valence-corrected chi connectivity index (χ2v) is 4.82. The molecule has 1 aromatic heterocycles. The van der Waals surface area contributed by atoms with E-state index >= 15 is 0 Å². The monoisotopic (exact) mass is 264 g/mol. The highest BCUT2D eigenvalue weighted by molar-refractivity contribution is 5.85. The number of benzene rings is 1. The summed E-state index contributed by atoms with van der Waals surface area (Å²) in [5.41, 5.74) is 1.01. The fourth-order valence-electron chi connectivity index (χ4n) is 1.84. The summed E-state index contributed by atoms with van der Waals surface area (Å²) < 4.78 is 5.54. The fraction of sp³-hybridized carbons (Fsp3) is 0.467. The number of hydrogen-bond acceptors (Lipinski definition) is 3. The third-order valence-electron chi connectivity index (χ3n) is 2.69. The quantitative estimate of drug-likeness (QED) is 0.703. The van der Waals surface area contributed by atoms with Crippen molar-refractivity contribution in [1.82, 2.24) is 10.3 Å². The van der Waals surface area contributed by atoms with Crippen LogP contribution in [0.4, 0.5) is 0 Å². The molecular formula is C15H24N2O2. The summed E-state index contributed by atoms with van der Waals surface area (Å²) in [4.78, 5) is 3.11. The number of aliphatic hydroxyl groups excluding tert-OH is 1. The summed E-state index contributed by atoms with van der Waals surface area (Å²) in [6, 6.07) is 7.69. The van der Waals surface area contributed by atoms with Crippen LogP contribution in [-0.2, 0) is 0 Å². The van der Waals surface area contributed by atoms with Crippen LogP contribution in [0, 0.1) is 5.92 Å². The zero-order valence-corrected chi connectivity index (χ0v) is 10.8. The Morgan fingerprint density at radius 1 is 1.26 bits per heavy atom. The molecule has 0 spiro atoms. The SMILES string of the molecule is C.CC(C)CNCC(O)Oc1cccc2[nH]ccc12. The summed E-state index contributed by atoms with van der Waals surface area (Å²) in [6.07, 6.45) is 1.03. The van der Waals surface area contributed by atoms with Gasteiger partial charge in [-0.1, -0.05) is 27.3 Å². The molecule has 19 heavy (non-hydrogen) atoms. The van der Waals surface area contributed by atoms with Gasteiger partial charge in [-0.05, 0) is 30.7 Å². The predicted octanol–water partition coefficient (Wildman–Crippen LogP) is 2.75. The lowest BCUT2D eigenvalue weighted by Gasteiger charge is -2.15. The van der Waals surface area contributed by atoms with Gasteiger partial charge in [0.05, 0.1) is 6.54 Å². The van der Waals surface area contributed by atoms with Gasteiger partial charge >= 0.3 is 0 Å². The first-order valence-corrected chi connectivity index (χ1v) is 6.28. The van der Waals surface area contributed by atoms with E-state index in [0.717, 1.165) is 17.4 Å². The first-order chi connectivity index (χ1) is 8.66. The molecule has 0 saturated carbocycles. The topological polar surface area (TPSA) is 57.3 Å². The molecule has 0 saturated heterocycles. The Hall–Kier alpha value is -1.52. The fourth-order valence-corrected chi connectivity index (χ4v) is 1.84. The molecule has 0 aliphatic carbocycles. The minimum atomic E-state index is -0.829. The van der Waals surface area contributed by atoms with Gasteiger partial charge in [0.15, 0.2) is 0 Å². The lowest BCUT2D eigenvalue weighted by Crippen LogP contribution is -2.33. The summed E-state index contributed by atoms with van der Waals surface area (Å²) in [6.45, 7) is 5.55. The molecule has 0 fully saturated rings. The molecule has 2 aromatic rings. The van der Waals surface area contributed by atoms with Crippen molar-refractivity contribution >= 4 is 10.9 Å². The molecule has 1 heterocycles. The van der Waals surface area contributed by atoms with Crippen molar-refractivity contribution in [3.05, 3.63) is 30.5 Å². The van der Waals surface area contributed by atoms with Gasteiger partial charge in [-0.25, -0.2) is 0 Å². The van der Waals surface area contributed by atoms with Crippen molar-refractivity contribution in [1.29, 1.82) is 0 Å². The number of rotatable bonds is 6. The van der Waals surface area contributed by atoms with Crippen LogP contribution in [0.3, 0.4) is 0 Å². The van der Waals surface area contributed by atoms with Gasteiger partial charge in [0.1, 0.15) is 5.75 Å². The highest BCUT2D eigenvalue weighted by Crippen LogP contribution is 2.24. The minimum absolute atomic E-state index is 0. The lowest BCUT2D eigenvalue weighted by molar-refractivity contribution is -0.0143. The van der Waals surface area contributed by atoms with Crippen LogP contribution in [0.25, 0.3) is 10.9 Å². The third kappa shape index (κ3) is 4.26. The van der Waals surface area contributed by atoms with Crippen molar-refractivity contribution in [2.24, 2.45) is 5.92 Å². The molecule has 0 aliphatic heterocycles. The molecule has 2 rings (SSSR count). The third-order valence-corrected chi connectivity index (χ3v) is 2.69. The van der Waals surface area contributed by atoms with Crippen LogP contribution in [0.15, 0.2) is 30.5 Å². The minimum Gasteiger partial charge on any atom is -0.463 e. The normalized spacial score (nSPS) is 12.4. The van der Waals surface area contributed by atoms with E-state index in [9.17, 15) is 5.11 Å². The van der Waals surface area contributed by atoms with Gasteiger partial charge < -0.3 is 20.1 Å². The highest BCUT2D eigenvalue weighted by Gasteiger charge is 2.09. The van der Waals surface area contributed by atoms with Crippen molar-refractivity contribution in [3.8, 4) is 5.75 Å². The van der Waals surface area contributed by atoms with Gasteiger partial charge in [-0.15, -0.1) is 0 Å². The summed E-state index contributed by atoms with van der Waals surface area (Å²) in [5.74, 6) is 1.26. The van der Waals surface area contributed by atoms with Gasteiger partial charge in [-0.3, -0.25) is 0 Å². The van der Waals surface area contributed by atoms with E-state index in [-0.39, 0.29) is 7.43 Å². The van der Waals surface area contributed by atoms with E-state index in [2.05, 4.69) is 24.1 Å². The number of H-pyrrole nitrogens is 1. The van der Waals surface area contributed by atoms with Crippen LogP contribution in [0.1, 0.15) is 21.3 Å². The van der Waals surface area contributed by atoms with Gasteiger partial charge in [0.25, 0.3) is 0 Å². The van der Waals surface area contributed by atoms with Crippen LogP contribution < -0.4 is 10.1 Å². The van der Waals surface area contributed by atoms with E-state index in [1.807, 2.05) is 30.5 Å². The second kappa shape index (κ2) is 7.16. The molecular weight excluding hydrogens is 240 g/mol. The maximum absolute atomic E-state index is 9.82. The molecule has 1 atom stereocenters. The number of nitrogens with one attached hydrogen (secondary N) is 2. The van der Waals surface area contributed by atoms with Gasteiger partial charge in [0, 0.05) is 17.1 Å². The maximum atomic E-state index is 9.82. The zero-order valence-electron chi connectivity index (χ0n) is 10.8. The smallest absolute Gasteiger partial charge is 0.210 e. The molecule has 0 aliphatic rings. The number of fused-ring (bicyclic) bond motifs is 1. The molecule has 0 amide bonds. The Balaban J connectivity index is 0.00000180. The maximum Gasteiger partial charge on any atom is 0.210 e. The standard InChI is InChI=1S/C14H20N2O2.CH4/c1-10(2)8-15-9-14(17)18-13-5-3-4-12-11(13)6-7-16-12;/h3-7,10,14-17H,8-9H2,1-2H3;1H4. The highest BCUT2D eigenvalue weighted by atomic mass is 16.6. The Labute approximate surface area is 114 Å². The van der Waals surface area contributed by atoms with Crippen LogP contribution in [-0.4, -0.2) is 29.5 Å². The largest absolute Gasteiger partial charge is 0.463 e. The molecule has 4 nitrogen and oxygen atoms in total. The average Bonchev–Trinajstić information content (AvgIpc) is 2.77. The summed E-state index contributed by atoms with van der Waals surface area (Å²) in [7, 11) is 0. The van der Waals surface area contributed by atoms with E-state index in [0.29, 0.717) is 18.2 Å². The second-order valence-electron chi connectivity index (χ2n) is 4.82. The number of hydrogen-bond donors (Lipinski definition) is 3. The number of ether oxygens (including phenoxy) is 1. The lowest BCUT2D eigenvalue weighted by atomic mass is 10.2. The van der Waals surface area contributed by atoms with Crippen molar-refractivity contribution in [2.45, 2.75) is 27.6 Å². The number of aliphatic hydroxyl groups is 1. The first-order valence-electron chi connectivity index (χ1n) is 6.28. The molecule has 106 valence electrons. The van der Waals surface area contributed by atoms with Crippen molar-refractivity contribution < 1.29 is 9.84 Å². The van der Waals surface area contributed by atoms with Crippen molar-refractivity contribution in [2.75, 3.05) is 13.1 Å². The Bertz CT molecular complexity index is 494. The summed E-state index contributed by atoms with van der Waals surface area (Å²) in [5, 5.41) is 14.0. The summed E-state index contributed by atoms with van der Waals surface area (Å²) >= 11 is 0. The number of aromatic nitrogens is 1. The van der Waals surface area contributed by atoms with Gasteiger partial charge in [0.2, 0.25) is 6.29 Å². The van der Waals surface area contributed by atoms with Gasteiger partial charge in [-0.2, -0.15) is 0 Å². The average molecular weight is 264 g/mol. The number of aromatic amines is 1. The molecule has 1 unspecified atom stereocenters. The molecule has 3 N–H and O–H groups in total. The zero-order chi connectivity index (χ0) is 13.0.